The molecule has 0 saturated heterocycles. The molecule has 3 amide bonds. The van der Waals surface area contributed by atoms with E-state index in [-0.39, 0.29) is 17.9 Å². The van der Waals surface area contributed by atoms with Gasteiger partial charge in [-0.2, -0.15) is 13.2 Å². The van der Waals surface area contributed by atoms with Crippen LogP contribution in [0.5, 0.6) is 5.75 Å². The minimum atomic E-state index is -4.82. The van der Waals surface area contributed by atoms with Crippen LogP contribution in [-0.4, -0.2) is 66.3 Å². The normalized spacial score (nSPS) is 20.4. The number of amides is 3. The van der Waals surface area contributed by atoms with E-state index in [0.29, 0.717) is 11.8 Å². The molecule has 1 aliphatic rings. The van der Waals surface area contributed by atoms with Gasteiger partial charge in [-0.05, 0) is 25.5 Å². The quantitative estimate of drug-likeness (QED) is 0.401. The molecule has 0 fully saturated rings. The molecule has 3 atom stereocenters. The average Bonchev–Trinajstić information content (AvgIpc) is 2.81. The summed E-state index contributed by atoms with van der Waals surface area (Å²) in [5, 5.41) is 13.5. The van der Waals surface area contributed by atoms with Crippen molar-refractivity contribution in [3.63, 3.8) is 0 Å². The molecule has 3 N–H and O–H groups in total. The number of anilines is 1. The van der Waals surface area contributed by atoms with Crippen LogP contribution in [0.2, 0.25) is 0 Å². The average molecular weight is 485 g/mol. The monoisotopic (exact) mass is 485 g/mol. The molecule has 184 valence electrons. The number of nitrogens with zero attached hydrogens (tertiary/aromatic N) is 1. The van der Waals surface area contributed by atoms with E-state index < -0.39 is 67.0 Å². The second-order valence-corrected chi connectivity index (χ2v) is 7.34. The summed E-state index contributed by atoms with van der Waals surface area (Å²) in [7, 11) is 0. The Hall–Kier alpha value is -3.03. The number of nitrogens with one attached hydrogen (secondary N) is 2. The van der Waals surface area contributed by atoms with Gasteiger partial charge in [-0.3, -0.25) is 14.4 Å². The molecular formula is C19H21F6N3O5. The van der Waals surface area contributed by atoms with Gasteiger partial charge in [-0.15, -0.1) is 0 Å². The second-order valence-electron chi connectivity index (χ2n) is 7.34. The molecule has 0 bridgehead atoms. The number of aliphatic hydroxyl groups is 1. The number of rotatable bonds is 7. The third-order valence-electron chi connectivity index (χ3n) is 4.74. The van der Waals surface area contributed by atoms with Gasteiger partial charge in [0.2, 0.25) is 5.60 Å². The molecular weight excluding hydrogens is 464 g/mol. The molecule has 0 spiro atoms. The third kappa shape index (κ3) is 6.27. The first kappa shape index (κ1) is 26.2. The van der Waals surface area contributed by atoms with Crippen LogP contribution in [0.15, 0.2) is 18.2 Å². The number of alkyl halides is 5. The summed E-state index contributed by atoms with van der Waals surface area (Å²) in [5.74, 6) is -5.43. The fraction of sp³-hybridized carbons (Fsp3) is 0.526. The summed E-state index contributed by atoms with van der Waals surface area (Å²) in [6.07, 6.45) is -9.08. The number of halogens is 6. The highest BCUT2D eigenvalue weighted by Crippen LogP contribution is 2.35. The fourth-order valence-electron chi connectivity index (χ4n) is 3.02. The van der Waals surface area contributed by atoms with Crippen LogP contribution in [0.1, 0.15) is 20.3 Å². The first-order chi connectivity index (χ1) is 15.2. The first-order valence-corrected chi connectivity index (χ1v) is 9.61. The lowest BCUT2D eigenvalue weighted by Gasteiger charge is -2.30. The van der Waals surface area contributed by atoms with E-state index in [4.69, 9.17) is 4.74 Å². The van der Waals surface area contributed by atoms with Crippen LogP contribution in [0.4, 0.5) is 32.0 Å². The third-order valence-corrected chi connectivity index (χ3v) is 4.74. The second kappa shape index (κ2) is 9.85. The van der Waals surface area contributed by atoms with E-state index in [9.17, 15) is 45.8 Å². The Morgan fingerprint density at radius 2 is 1.88 bits per heavy atom. The summed E-state index contributed by atoms with van der Waals surface area (Å²) in [4.78, 5) is 38.0. The molecule has 0 aromatic heterocycles. The Bertz CT molecular complexity index is 908. The molecule has 1 aromatic carbocycles. The summed E-state index contributed by atoms with van der Waals surface area (Å²) in [5.41, 5.74) is -3.38. The number of ether oxygens (including phenoxy) is 1. The van der Waals surface area contributed by atoms with E-state index in [1.165, 1.54) is 12.2 Å². The highest BCUT2D eigenvalue weighted by molar-refractivity contribution is 6.10. The highest BCUT2D eigenvalue weighted by atomic mass is 19.4. The van der Waals surface area contributed by atoms with E-state index in [1.54, 1.807) is 0 Å². The number of hydrogen-bond acceptors (Lipinski definition) is 5. The van der Waals surface area contributed by atoms with Crippen molar-refractivity contribution in [1.82, 2.24) is 10.6 Å². The van der Waals surface area contributed by atoms with Crippen LogP contribution in [0, 0.1) is 5.82 Å². The number of benzene rings is 1. The fourth-order valence-corrected chi connectivity index (χ4v) is 3.02. The summed E-state index contributed by atoms with van der Waals surface area (Å²) in [6.45, 7) is -0.916. The topological polar surface area (TPSA) is 108 Å². The summed E-state index contributed by atoms with van der Waals surface area (Å²) < 4.78 is 82.7. The van der Waals surface area contributed by atoms with E-state index in [2.05, 4.69) is 0 Å². The molecule has 1 unspecified atom stereocenters. The van der Waals surface area contributed by atoms with Gasteiger partial charge in [0, 0.05) is 6.07 Å². The molecule has 1 aromatic rings. The maximum Gasteiger partial charge on any atom is 0.405 e. The predicted molar refractivity (Wildman–Crippen MR) is 101 cm³/mol. The molecule has 0 radical (unpaired) electrons. The van der Waals surface area contributed by atoms with Gasteiger partial charge >= 0.3 is 6.18 Å². The maximum absolute atomic E-state index is 13.7. The predicted octanol–water partition coefficient (Wildman–Crippen LogP) is 1.51. The van der Waals surface area contributed by atoms with Crippen molar-refractivity contribution >= 4 is 23.4 Å². The summed E-state index contributed by atoms with van der Waals surface area (Å²) >= 11 is 0. The smallest absolute Gasteiger partial charge is 0.405 e. The van der Waals surface area contributed by atoms with Gasteiger partial charge < -0.3 is 25.4 Å². The first-order valence-electron chi connectivity index (χ1n) is 9.61. The zero-order valence-electron chi connectivity index (χ0n) is 17.4. The largest absolute Gasteiger partial charge is 0.486 e. The van der Waals surface area contributed by atoms with E-state index >= 15 is 0 Å². The molecule has 0 saturated carbocycles. The van der Waals surface area contributed by atoms with Crippen molar-refractivity contribution in [2.75, 3.05) is 18.0 Å². The van der Waals surface area contributed by atoms with Crippen LogP contribution >= 0.6 is 0 Å². The molecule has 0 aliphatic carbocycles. The lowest BCUT2D eigenvalue weighted by molar-refractivity contribution is -0.158. The van der Waals surface area contributed by atoms with Gasteiger partial charge in [0.25, 0.3) is 24.1 Å². The molecule has 8 nitrogen and oxygen atoms in total. The van der Waals surface area contributed by atoms with Gasteiger partial charge in [-0.1, -0.05) is 6.92 Å². The number of carbonyl (C=O) groups excluding carboxylic acids is 3. The maximum atomic E-state index is 13.7. The number of fused-ring (bicyclic) bond motifs is 1. The number of carbonyl (C=O) groups is 3. The van der Waals surface area contributed by atoms with Crippen molar-refractivity contribution < 1.29 is 50.6 Å². The minimum Gasteiger partial charge on any atom is -0.486 e. The molecule has 33 heavy (non-hydrogen) atoms. The minimum absolute atomic E-state index is 0.0123. The molecule has 1 aliphatic heterocycles. The van der Waals surface area contributed by atoms with Crippen molar-refractivity contribution in [1.29, 1.82) is 0 Å². The van der Waals surface area contributed by atoms with Crippen molar-refractivity contribution in [3.8, 4) is 5.75 Å². The van der Waals surface area contributed by atoms with Gasteiger partial charge in [0.15, 0.2) is 0 Å². The Labute approximate surface area is 183 Å². The zero-order valence-corrected chi connectivity index (χ0v) is 17.4. The Kier molecular flexibility index (Phi) is 7.83. The zero-order chi connectivity index (χ0) is 25.1. The van der Waals surface area contributed by atoms with Crippen LogP contribution in [0.25, 0.3) is 0 Å². The van der Waals surface area contributed by atoms with Crippen LogP contribution in [-0.2, 0) is 14.4 Å². The van der Waals surface area contributed by atoms with Gasteiger partial charge in [-0.25, -0.2) is 13.2 Å². The van der Waals surface area contributed by atoms with Gasteiger partial charge in [0.05, 0.1) is 12.2 Å². The van der Waals surface area contributed by atoms with Crippen LogP contribution in [0.3, 0.4) is 0 Å². The molecule has 2 rings (SSSR count). The van der Waals surface area contributed by atoms with Crippen molar-refractivity contribution in [3.05, 3.63) is 24.0 Å². The summed E-state index contributed by atoms with van der Waals surface area (Å²) in [6, 6.07) is 1.11. The molecule has 14 heteroatoms. The Balaban J connectivity index is 2.35. The number of hydrogen-bond donors (Lipinski definition) is 3. The Morgan fingerprint density at radius 3 is 2.42 bits per heavy atom. The standard InChI is InChI=1S/C19H21F6N3O5/c1-3-11-14(27-17(31)18(2,32)16(30)26-8-19(23,24)25)15(29)28(7-13(21)22)10-6-9(20)4-5-12(10)33-11/h4-6,11,13-14,32H,3,7-8H2,1-2H3,(H,26,30)(H,27,31)/t11-,14+,18?/m1/s1. The van der Waals surface area contributed by atoms with Gasteiger partial charge in [0.1, 0.15) is 30.3 Å². The van der Waals surface area contributed by atoms with Crippen molar-refractivity contribution in [2.24, 2.45) is 0 Å². The highest BCUT2D eigenvalue weighted by Gasteiger charge is 2.46. The molecule has 1 heterocycles. The van der Waals surface area contributed by atoms with Crippen molar-refractivity contribution in [2.45, 2.75) is 50.6 Å². The van der Waals surface area contributed by atoms with E-state index in [0.717, 1.165) is 18.2 Å². The lowest BCUT2D eigenvalue weighted by Crippen LogP contribution is -2.62. The van der Waals surface area contributed by atoms with Crippen LogP contribution < -0.4 is 20.3 Å². The SMILES string of the molecule is CC[C@H]1Oc2ccc(F)cc2N(CC(F)F)C(=O)[C@H]1NC(=O)C(C)(O)C(=O)NCC(F)(F)F. The lowest BCUT2D eigenvalue weighted by atomic mass is 10.0. The Morgan fingerprint density at radius 1 is 1.24 bits per heavy atom. The van der Waals surface area contributed by atoms with E-state index in [1.807, 2.05) is 5.32 Å².